The van der Waals surface area contributed by atoms with Crippen molar-refractivity contribution in [3.8, 4) is 5.88 Å². The van der Waals surface area contributed by atoms with Crippen molar-refractivity contribution >= 4 is 17.4 Å². The maximum atomic E-state index is 13.1. The average molecular weight is 279 g/mol. The van der Waals surface area contributed by atoms with Crippen molar-refractivity contribution in [1.29, 1.82) is 0 Å². The van der Waals surface area contributed by atoms with E-state index >= 15 is 0 Å². The molecule has 100 valence electrons. The van der Waals surface area contributed by atoms with E-state index in [1.165, 1.54) is 30.2 Å². The van der Waals surface area contributed by atoms with E-state index in [-0.39, 0.29) is 5.82 Å². The van der Waals surface area contributed by atoms with Gasteiger partial charge in [0.1, 0.15) is 22.9 Å². The van der Waals surface area contributed by atoms with Crippen LogP contribution in [0.2, 0.25) is 0 Å². The highest BCUT2D eigenvalue weighted by atomic mass is 32.2. The van der Waals surface area contributed by atoms with Crippen molar-refractivity contribution in [1.82, 2.24) is 9.97 Å². The Morgan fingerprint density at radius 3 is 2.95 bits per heavy atom. The van der Waals surface area contributed by atoms with Gasteiger partial charge in [-0.05, 0) is 24.6 Å². The van der Waals surface area contributed by atoms with Gasteiger partial charge in [-0.15, -0.1) is 0 Å². The lowest BCUT2D eigenvalue weighted by Gasteiger charge is -2.09. The number of hydrogen-bond acceptors (Lipinski definition) is 5. The molecule has 0 fully saturated rings. The number of nitrogen functional groups attached to an aromatic ring is 1. The number of hydrogen-bond donors (Lipinski definition) is 1. The summed E-state index contributed by atoms with van der Waals surface area (Å²) < 4.78 is 18.5. The summed E-state index contributed by atoms with van der Waals surface area (Å²) in [4.78, 5) is 8.81. The molecule has 0 saturated carbocycles. The molecule has 4 nitrogen and oxygen atoms in total. The number of anilines is 1. The molecule has 0 unspecified atom stereocenters. The third kappa shape index (κ3) is 3.57. The van der Waals surface area contributed by atoms with E-state index in [4.69, 9.17) is 10.5 Å². The molecule has 1 heterocycles. The highest BCUT2D eigenvalue weighted by Gasteiger charge is 2.10. The summed E-state index contributed by atoms with van der Waals surface area (Å²) in [5.74, 6) is 0.0795. The molecule has 19 heavy (non-hydrogen) atoms. The first kappa shape index (κ1) is 13.6. The van der Waals surface area contributed by atoms with Crippen LogP contribution < -0.4 is 10.5 Å². The third-order valence-electron chi connectivity index (χ3n) is 2.26. The summed E-state index contributed by atoms with van der Waals surface area (Å²) in [7, 11) is 0. The Hall–Kier alpha value is -1.82. The molecule has 0 aliphatic carbocycles. The van der Waals surface area contributed by atoms with E-state index in [0.717, 1.165) is 11.3 Å². The zero-order valence-corrected chi connectivity index (χ0v) is 11.3. The van der Waals surface area contributed by atoms with Crippen LogP contribution in [0.25, 0.3) is 0 Å². The zero-order valence-electron chi connectivity index (χ0n) is 10.5. The Kier molecular flexibility index (Phi) is 4.57. The van der Waals surface area contributed by atoms with Crippen LogP contribution in [0.3, 0.4) is 0 Å². The third-order valence-corrected chi connectivity index (χ3v) is 3.27. The molecule has 6 heteroatoms. The van der Waals surface area contributed by atoms with Gasteiger partial charge < -0.3 is 10.5 Å². The van der Waals surface area contributed by atoms with Crippen LogP contribution in [0.5, 0.6) is 5.88 Å². The molecule has 0 amide bonds. The van der Waals surface area contributed by atoms with E-state index in [2.05, 4.69) is 9.97 Å². The summed E-state index contributed by atoms with van der Waals surface area (Å²) >= 11 is 1.28. The predicted molar refractivity (Wildman–Crippen MR) is 72.8 cm³/mol. The Bertz CT molecular complexity index is 565. The number of benzene rings is 1. The van der Waals surface area contributed by atoms with Crippen LogP contribution >= 0.6 is 11.8 Å². The van der Waals surface area contributed by atoms with Gasteiger partial charge in [0.25, 0.3) is 0 Å². The van der Waals surface area contributed by atoms with Gasteiger partial charge in [-0.25, -0.2) is 9.37 Å². The quantitative estimate of drug-likeness (QED) is 0.852. The molecular formula is C13H14FN3OS. The maximum absolute atomic E-state index is 13.1. The number of ether oxygens (including phenoxy) is 1. The van der Waals surface area contributed by atoms with Gasteiger partial charge in [0.15, 0.2) is 0 Å². The van der Waals surface area contributed by atoms with Crippen molar-refractivity contribution in [2.24, 2.45) is 0 Å². The first-order valence-electron chi connectivity index (χ1n) is 5.87. The molecule has 1 aromatic carbocycles. The Morgan fingerprint density at radius 2 is 2.21 bits per heavy atom. The van der Waals surface area contributed by atoms with Gasteiger partial charge in [0.2, 0.25) is 5.88 Å². The molecule has 2 aromatic rings. The lowest BCUT2D eigenvalue weighted by Crippen LogP contribution is -2.03. The Balaban J connectivity index is 2.20. The molecule has 0 saturated heterocycles. The van der Waals surface area contributed by atoms with Crippen molar-refractivity contribution in [2.75, 3.05) is 12.3 Å². The molecular weight excluding hydrogens is 265 g/mol. The van der Waals surface area contributed by atoms with Crippen molar-refractivity contribution in [2.45, 2.75) is 23.3 Å². The normalized spacial score (nSPS) is 10.4. The van der Waals surface area contributed by atoms with Crippen LogP contribution in [-0.4, -0.2) is 16.6 Å². The molecule has 2 N–H and O–H groups in total. The van der Waals surface area contributed by atoms with Crippen LogP contribution in [0.4, 0.5) is 10.1 Å². The first-order valence-corrected chi connectivity index (χ1v) is 6.69. The number of nitrogens with zero attached hydrogens (tertiary/aromatic N) is 2. The highest BCUT2D eigenvalue weighted by molar-refractivity contribution is 7.99. The zero-order chi connectivity index (χ0) is 13.7. The molecule has 1 aromatic heterocycles. The summed E-state index contributed by atoms with van der Waals surface area (Å²) in [6, 6.07) is 6.26. The average Bonchev–Trinajstić information content (AvgIpc) is 2.40. The highest BCUT2D eigenvalue weighted by Crippen LogP contribution is 2.34. The fourth-order valence-corrected chi connectivity index (χ4v) is 2.24. The second kappa shape index (κ2) is 6.38. The summed E-state index contributed by atoms with van der Waals surface area (Å²) in [5.41, 5.74) is 6.33. The number of nitrogens with two attached hydrogens (primary N) is 1. The first-order chi connectivity index (χ1) is 9.20. The minimum atomic E-state index is -0.292. The van der Waals surface area contributed by atoms with Gasteiger partial charge in [0, 0.05) is 4.90 Å². The minimum absolute atomic E-state index is 0.292. The lowest BCUT2D eigenvalue weighted by molar-refractivity contribution is 0.305. The molecule has 0 aliphatic heterocycles. The van der Waals surface area contributed by atoms with E-state index < -0.39 is 0 Å². The minimum Gasteiger partial charge on any atom is -0.476 e. The second-order valence-electron chi connectivity index (χ2n) is 3.81. The van der Waals surface area contributed by atoms with Gasteiger partial charge in [-0.2, -0.15) is 4.98 Å². The van der Waals surface area contributed by atoms with Gasteiger partial charge >= 0.3 is 0 Å². The maximum Gasteiger partial charge on any atom is 0.241 e. The number of rotatable bonds is 5. The van der Waals surface area contributed by atoms with Gasteiger partial charge in [-0.3, -0.25) is 0 Å². The topological polar surface area (TPSA) is 61.0 Å². The SMILES string of the molecule is CCCOc1ncnc(Sc2cccc(F)c2)c1N. The van der Waals surface area contributed by atoms with Crippen molar-refractivity contribution < 1.29 is 9.13 Å². The molecule has 0 radical (unpaired) electrons. The smallest absolute Gasteiger partial charge is 0.241 e. The molecule has 2 rings (SSSR count). The number of aromatic nitrogens is 2. The van der Waals surface area contributed by atoms with Crippen molar-refractivity contribution in [3.63, 3.8) is 0 Å². The fraction of sp³-hybridized carbons (Fsp3) is 0.231. The molecule has 0 bridgehead atoms. The molecule has 0 atom stereocenters. The fourth-order valence-electron chi connectivity index (χ4n) is 1.40. The van der Waals surface area contributed by atoms with E-state index in [9.17, 15) is 4.39 Å². The second-order valence-corrected chi connectivity index (χ2v) is 4.87. The van der Waals surface area contributed by atoms with Crippen molar-refractivity contribution in [3.05, 3.63) is 36.4 Å². The van der Waals surface area contributed by atoms with E-state index in [1.807, 2.05) is 6.92 Å². The van der Waals surface area contributed by atoms with Gasteiger partial charge in [-0.1, -0.05) is 24.8 Å². The Labute approximate surface area is 115 Å². The molecule has 0 aliphatic rings. The standard InChI is InChI=1S/C13H14FN3OS/c1-2-6-18-12-11(15)13(17-8-16-12)19-10-5-3-4-9(14)7-10/h3-5,7-8H,2,6,15H2,1H3. The van der Waals surface area contributed by atoms with Gasteiger partial charge in [0.05, 0.1) is 6.61 Å². The summed E-state index contributed by atoms with van der Waals surface area (Å²) in [6.45, 7) is 2.55. The van der Waals surface area contributed by atoms with Crippen LogP contribution in [0.15, 0.2) is 40.5 Å². The summed E-state index contributed by atoms with van der Waals surface area (Å²) in [5, 5.41) is 0.562. The Morgan fingerprint density at radius 1 is 1.37 bits per heavy atom. The largest absolute Gasteiger partial charge is 0.476 e. The number of halogens is 1. The molecule has 0 spiro atoms. The van der Waals surface area contributed by atoms with Crippen LogP contribution in [0.1, 0.15) is 13.3 Å². The van der Waals surface area contributed by atoms with Crippen LogP contribution in [0, 0.1) is 5.82 Å². The monoisotopic (exact) mass is 279 g/mol. The lowest BCUT2D eigenvalue weighted by atomic mass is 10.4. The van der Waals surface area contributed by atoms with Crippen LogP contribution in [-0.2, 0) is 0 Å². The van der Waals surface area contributed by atoms with E-state index in [0.29, 0.717) is 23.2 Å². The summed E-state index contributed by atoms with van der Waals surface area (Å²) in [6.07, 6.45) is 2.26. The van der Waals surface area contributed by atoms with E-state index in [1.54, 1.807) is 12.1 Å². The predicted octanol–water partition coefficient (Wildman–Crippen LogP) is 3.14.